The highest BCUT2D eigenvalue weighted by atomic mass is 35.5. The van der Waals surface area contributed by atoms with Crippen molar-refractivity contribution in [3.63, 3.8) is 0 Å². The lowest BCUT2D eigenvalue weighted by Gasteiger charge is -2.07. The largest absolute Gasteiger partial charge is 0.416 e. The van der Waals surface area contributed by atoms with Crippen LogP contribution < -0.4 is 5.46 Å². The van der Waals surface area contributed by atoms with Crippen molar-refractivity contribution in [3.05, 3.63) is 28.8 Å². The van der Waals surface area contributed by atoms with Crippen LogP contribution in [-0.4, -0.2) is 7.85 Å². The van der Waals surface area contributed by atoms with Crippen LogP contribution in [0.5, 0.6) is 0 Å². The van der Waals surface area contributed by atoms with Gasteiger partial charge in [-0.25, -0.2) is 0 Å². The summed E-state index contributed by atoms with van der Waals surface area (Å²) in [5, 5.41) is 0.128. The van der Waals surface area contributed by atoms with Crippen LogP contribution in [-0.2, 0) is 6.18 Å². The number of hydrogen-bond donors (Lipinski definition) is 0. The Labute approximate surface area is 73.7 Å². The zero-order valence-electron chi connectivity index (χ0n) is 5.82. The van der Waals surface area contributed by atoms with E-state index in [9.17, 15) is 13.2 Å². The van der Waals surface area contributed by atoms with E-state index >= 15 is 0 Å². The smallest absolute Gasteiger partial charge is 0.166 e. The van der Waals surface area contributed by atoms with E-state index in [1.54, 1.807) is 0 Å². The summed E-state index contributed by atoms with van der Waals surface area (Å²) in [6.07, 6.45) is -4.36. The van der Waals surface area contributed by atoms with E-state index in [-0.39, 0.29) is 10.5 Å². The van der Waals surface area contributed by atoms with Crippen LogP contribution in [0.1, 0.15) is 5.56 Å². The van der Waals surface area contributed by atoms with Gasteiger partial charge in [0, 0.05) is 5.02 Å². The summed E-state index contributed by atoms with van der Waals surface area (Å²) in [5.74, 6) is 0. The molecule has 0 nitrogen and oxygen atoms in total. The van der Waals surface area contributed by atoms with Crippen molar-refractivity contribution >= 4 is 24.9 Å². The lowest BCUT2D eigenvalue weighted by molar-refractivity contribution is -0.137. The monoisotopic (exact) mass is 190 g/mol. The molecule has 0 saturated heterocycles. The highest BCUT2D eigenvalue weighted by Gasteiger charge is 2.30. The molecule has 62 valence electrons. The van der Waals surface area contributed by atoms with Gasteiger partial charge in [0.2, 0.25) is 0 Å². The molecule has 0 bridgehead atoms. The molecule has 0 amide bonds. The topological polar surface area (TPSA) is 0 Å². The van der Waals surface area contributed by atoms with Crippen LogP contribution in [0.4, 0.5) is 13.2 Å². The Hall–Kier alpha value is -0.635. The third-order valence-corrected chi connectivity index (χ3v) is 1.67. The fourth-order valence-corrected chi connectivity index (χ4v) is 0.838. The van der Waals surface area contributed by atoms with Gasteiger partial charge in [-0.1, -0.05) is 23.1 Å². The standard InChI is InChI=1S/C7H3BClF3/c8-5-3-4(7(10,11)12)1-2-6(5)9/h1-3H. The summed E-state index contributed by atoms with van der Waals surface area (Å²) >= 11 is 5.44. The molecular weight excluding hydrogens is 187 g/mol. The second-order valence-electron chi connectivity index (χ2n) is 2.23. The Morgan fingerprint density at radius 1 is 1.25 bits per heavy atom. The van der Waals surface area contributed by atoms with Crippen molar-refractivity contribution in [1.82, 2.24) is 0 Å². The van der Waals surface area contributed by atoms with Gasteiger partial charge in [0.1, 0.15) is 7.85 Å². The molecule has 2 radical (unpaired) electrons. The fourth-order valence-electron chi connectivity index (χ4n) is 0.720. The third kappa shape index (κ3) is 1.94. The number of benzene rings is 1. The van der Waals surface area contributed by atoms with Crippen molar-refractivity contribution in [2.75, 3.05) is 0 Å². The molecule has 1 aromatic carbocycles. The maximum Gasteiger partial charge on any atom is 0.416 e. The molecule has 0 fully saturated rings. The quantitative estimate of drug-likeness (QED) is 0.550. The third-order valence-electron chi connectivity index (χ3n) is 1.32. The summed E-state index contributed by atoms with van der Waals surface area (Å²) in [6.45, 7) is 0. The Morgan fingerprint density at radius 3 is 2.25 bits per heavy atom. The minimum absolute atomic E-state index is 0.0634. The summed E-state index contributed by atoms with van der Waals surface area (Å²) in [4.78, 5) is 0. The first-order chi connectivity index (χ1) is 5.41. The Morgan fingerprint density at radius 2 is 1.83 bits per heavy atom. The molecule has 1 rings (SSSR count). The van der Waals surface area contributed by atoms with Gasteiger partial charge in [0.05, 0.1) is 5.56 Å². The van der Waals surface area contributed by atoms with Gasteiger partial charge >= 0.3 is 6.18 Å². The van der Waals surface area contributed by atoms with E-state index in [1.165, 1.54) is 0 Å². The number of halogens is 4. The van der Waals surface area contributed by atoms with Gasteiger partial charge in [-0.05, 0) is 12.1 Å². The van der Waals surface area contributed by atoms with E-state index in [1.807, 2.05) is 0 Å². The van der Waals surface area contributed by atoms with Crippen molar-refractivity contribution < 1.29 is 13.2 Å². The lowest BCUT2D eigenvalue weighted by Crippen LogP contribution is -2.11. The van der Waals surface area contributed by atoms with Crippen LogP contribution >= 0.6 is 11.6 Å². The Bertz CT molecular complexity index is 295. The molecule has 0 unspecified atom stereocenters. The van der Waals surface area contributed by atoms with Crippen LogP contribution in [0.3, 0.4) is 0 Å². The average molecular weight is 190 g/mol. The molecule has 0 spiro atoms. The van der Waals surface area contributed by atoms with Gasteiger partial charge in [-0.3, -0.25) is 0 Å². The zero-order valence-corrected chi connectivity index (χ0v) is 6.58. The summed E-state index contributed by atoms with van der Waals surface area (Å²) in [6, 6.07) is 2.82. The summed E-state index contributed by atoms with van der Waals surface area (Å²) < 4.78 is 36.0. The maximum absolute atomic E-state index is 12.0. The normalized spacial score (nSPS) is 11.7. The highest BCUT2D eigenvalue weighted by molar-refractivity contribution is 6.45. The molecule has 0 N–H and O–H groups in total. The zero-order chi connectivity index (χ0) is 9.35. The second kappa shape index (κ2) is 3.01. The minimum Gasteiger partial charge on any atom is -0.166 e. The Kier molecular flexibility index (Phi) is 2.37. The first kappa shape index (κ1) is 9.45. The molecule has 0 aliphatic carbocycles. The molecule has 0 saturated carbocycles. The first-order valence-corrected chi connectivity index (χ1v) is 3.41. The highest BCUT2D eigenvalue weighted by Crippen LogP contribution is 2.28. The molecule has 0 atom stereocenters. The first-order valence-electron chi connectivity index (χ1n) is 3.03. The molecule has 0 aromatic heterocycles. The van der Waals surface area contributed by atoms with Gasteiger partial charge < -0.3 is 0 Å². The number of hydrogen-bond acceptors (Lipinski definition) is 0. The Balaban J connectivity index is 3.14. The van der Waals surface area contributed by atoms with Crippen LogP contribution in [0.2, 0.25) is 5.02 Å². The van der Waals surface area contributed by atoms with Gasteiger partial charge in [0.15, 0.2) is 0 Å². The predicted octanol–water partition coefficient (Wildman–Crippen LogP) is 2.15. The molecular formula is C7H3BClF3. The molecule has 1 aromatic rings. The minimum atomic E-state index is -4.36. The molecule has 0 heterocycles. The predicted molar refractivity (Wildman–Crippen MR) is 41.8 cm³/mol. The van der Waals surface area contributed by atoms with E-state index < -0.39 is 11.7 Å². The van der Waals surface area contributed by atoms with E-state index in [0.717, 1.165) is 18.2 Å². The SMILES string of the molecule is [B]c1cc(C(F)(F)F)ccc1Cl. The van der Waals surface area contributed by atoms with Gasteiger partial charge in [0.25, 0.3) is 0 Å². The summed E-state index contributed by atoms with van der Waals surface area (Å²) in [7, 11) is 5.19. The fraction of sp³-hybridized carbons (Fsp3) is 0.143. The van der Waals surface area contributed by atoms with E-state index in [4.69, 9.17) is 19.4 Å². The second-order valence-corrected chi connectivity index (χ2v) is 2.64. The van der Waals surface area contributed by atoms with Crippen LogP contribution in [0.25, 0.3) is 0 Å². The van der Waals surface area contributed by atoms with E-state index in [2.05, 4.69) is 0 Å². The van der Waals surface area contributed by atoms with Gasteiger partial charge in [-0.15, -0.1) is 0 Å². The molecule has 12 heavy (non-hydrogen) atoms. The van der Waals surface area contributed by atoms with Crippen molar-refractivity contribution in [2.45, 2.75) is 6.18 Å². The molecule has 0 aliphatic heterocycles. The van der Waals surface area contributed by atoms with Crippen molar-refractivity contribution in [2.24, 2.45) is 0 Å². The molecule has 0 aliphatic rings. The average Bonchev–Trinajstić information content (AvgIpc) is 1.92. The van der Waals surface area contributed by atoms with E-state index in [0.29, 0.717) is 0 Å². The maximum atomic E-state index is 12.0. The van der Waals surface area contributed by atoms with Crippen molar-refractivity contribution in [3.8, 4) is 0 Å². The number of rotatable bonds is 0. The number of alkyl halides is 3. The summed E-state index contributed by atoms with van der Waals surface area (Å²) in [5.41, 5.74) is -0.851. The van der Waals surface area contributed by atoms with Crippen LogP contribution in [0, 0.1) is 0 Å². The van der Waals surface area contributed by atoms with Crippen molar-refractivity contribution in [1.29, 1.82) is 0 Å². The van der Waals surface area contributed by atoms with Gasteiger partial charge in [-0.2, -0.15) is 13.2 Å². The lowest BCUT2D eigenvalue weighted by atomic mass is 9.94. The molecule has 5 heteroatoms. The van der Waals surface area contributed by atoms with Crippen LogP contribution in [0.15, 0.2) is 18.2 Å².